The second-order valence-electron chi connectivity index (χ2n) is 4.91. The van der Waals surface area contributed by atoms with Gasteiger partial charge in [-0.25, -0.2) is 0 Å². The highest BCUT2D eigenvalue weighted by Gasteiger charge is 2.35. The highest BCUT2D eigenvalue weighted by molar-refractivity contribution is 5.78. The van der Waals surface area contributed by atoms with E-state index in [0.717, 1.165) is 6.42 Å². The van der Waals surface area contributed by atoms with Gasteiger partial charge in [-0.05, 0) is 41.3 Å². The number of aliphatic carboxylic acids is 1. The lowest BCUT2D eigenvalue weighted by atomic mass is 9.95. The zero-order chi connectivity index (χ0) is 12.3. The van der Waals surface area contributed by atoms with Gasteiger partial charge in [0.15, 0.2) is 0 Å². The molecule has 0 aromatic rings. The summed E-state index contributed by atoms with van der Waals surface area (Å²) in [6.07, 6.45) is 0.989. The average Bonchev–Trinajstić information content (AvgIpc) is 2.17. The third kappa shape index (κ3) is 3.47. The summed E-state index contributed by atoms with van der Waals surface area (Å²) < 4.78 is 0. The molecule has 0 aliphatic carbocycles. The van der Waals surface area contributed by atoms with Crippen molar-refractivity contribution in [2.45, 2.75) is 45.2 Å². The Balaban J connectivity index is 4.64. The molecular weight excluding hydrogens is 192 g/mol. The summed E-state index contributed by atoms with van der Waals surface area (Å²) >= 11 is 0. The first-order chi connectivity index (χ1) is 6.69. The Morgan fingerprint density at radius 1 is 1.40 bits per heavy atom. The number of carbonyl (C=O) groups is 1. The van der Waals surface area contributed by atoms with Gasteiger partial charge in [0, 0.05) is 12.1 Å². The quantitative estimate of drug-likeness (QED) is 0.700. The first-order valence-corrected chi connectivity index (χ1v) is 5.33. The van der Waals surface area contributed by atoms with Crippen LogP contribution in [0, 0.1) is 0 Å². The van der Waals surface area contributed by atoms with Gasteiger partial charge in [0.05, 0.1) is 0 Å². The third-order valence-electron chi connectivity index (χ3n) is 3.48. The van der Waals surface area contributed by atoms with E-state index in [4.69, 9.17) is 5.11 Å². The molecule has 0 aromatic heterocycles. The van der Waals surface area contributed by atoms with E-state index in [1.54, 1.807) is 14.0 Å². The van der Waals surface area contributed by atoms with Crippen molar-refractivity contribution in [3.05, 3.63) is 0 Å². The number of hydrogen-bond donors (Lipinski definition) is 2. The number of carboxylic acids is 1. The third-order valence-corrected chi connectivity index (χ3v) is 3.48. The largest absolute Gasteiger partial charge is 0.480 e. The summed E-state index contributed by atoms with van der Waals surface area (Å²) in [5, 5.41) is 12.0. The maximum Gasteiger partial charge on any atom is 0.324 e. The smallest absolute Gasteiger partial charge is 0.324 e. The molecule has 0 bridgehead atoms. The number of rotatable bonds is 6. The van der Waals surface area contributed by atoms with Gasteiger partial charge in [0.25, 0.3) is 0 Å². The van der Waals surface area contributed by atoms with E-state index in [9.17, 15) is 4.79 Å². The minimum atomic E-state index is -0.888. The van der Waals surface area contributed by atoms with Crippen LogP contribution in [0.4, 0.5) is 0 Å². The minimum Gasteiger partial charge on any atom is -0.480 e. The van der Waals surface area contributed by atoms with E-state index in [1.807, 2.05) is 7.05 Å². The van der Waals surface area contributed by atoms with Crippen LogP contribution in [0.1, 0.15) is 34.1 Å². The molecule has 0 aliphatic heterocycles. The fourth-order valence-corrected chi connectivity index (χ4v) is 1.21. The normalized spacial score (nSPS) is 16.5. The predicted molar refractivity (Wildman–Crippen MR) is 62.1 cm³/mol. The lowest BCUT2D eigenvalue weighted by Crippen LogP contribution is -2.58. The van der Waals surface area contributed by atoms with Crippen molar-refractivity contribution in [2.75, 3.05) is 20.6 Å². The molecule has 0 aliphatic rings. The van der Waals surface area contributed by atoms with Gasteiger partial charge in [-0.1, -0.05) is 6.92 Å². The van der Waals surface area contributed by atoms with E-state index in [0.29, 0.717) is 6.54 Å². The SMILES string of the molecule is CCC(C)(C)N(C)CC(C)(NC)C(=O)O. The molecular formula is C11H24N2O2. The minimum absolute atomic E-state index is 0.0214. The van der Waals surface area contributed by atoms with Crippen molar-refractivity contribution >= 4 is 5.97 Å². The molecule has 1 unspecified atom stereocenters. The van der Waals surface area contributed by atoms with Crippen molar-refractivity contribution in [1.82, 2.24) is 10.2 Å². The number of carboxylic acid groups (broad SMARTS) is 1. The van der Waals surface area contributed by atoms with Crippen molar-refractivity contribution in [2.24, 2.45) is 0 Å². The van der Waals surface area contributed by atoms with Crippen LogP contribution in [0.5, 0.6) is 0 Å². The Morgan fingerprint density at radius 2 is 1.87 bits per heavy atom. The van der Waals surface area contributed by atoms with Crippen LogP contribution in [0.15, 0.2) is 0 Å². The number of hydrogen-bond acceptors (Lipinski definition) is 3. The molecule has 0 amide bonds. The molecule has 0 saturated heterocycles. The Labute approximate surface area is 92.7 Å². The molecule has 2 N–H and O–H groups in total. The number of nitrogens with zero attached hydrogens (tertiary/aromatic N) is 1. The predicted octanol–water partition coefficient (Wildman–Crippen LogP) is 1.17. The van der Waals surface area contributed by atoms with Crippen molar-refractivity contribution in [3.63, 3.8) is 0 Å². The molecule has 15 heavy (non-hydrogen) atoms. The van der Waals surface area contributed by atoms with Crippen LogP contribution >= 0.6 is 0 Å². The molecule has 4 nitrogen and oxygen atoms in total. The van der Waals surface area contributed by atoms with Crippen molar-refractivity contribution in [3.8, 4) is 0 Å². The van der Waals surface area contributed by atoms with E-state index in [-0.39, 0.29) is 5.54 Å². The van der Waals surface area contributed by atoms with Gasteiger partial charge in [-0.15, -0.1) is 0 Å². The molecule has 4 heteroatoms. The summed E-state index contributed by atoms with van der Waals surface area (Å²) in [4.78, 5) is 13.2. The number of nitrogens with one attached hydrogen (secondary N) is 1. The first kappa shape index (κ1) is 14.4. The van der Waals surface area contributed by atoms with E-state index in [2.05, 4.69) is 31.0 Å². The van der Waals surface area contributed by atoms with Gasteiger partial charge in [0.1, 0.15) is 5.54 Å². The average molecular weight is 216 g/mol. The molecule has 1 atom stereocenters. The Hall–Kier alpha value is -0.610. The Bertz CT molecular complexity index is 229. The van der Waals surface area contributed by atoms with Gasteiger partial charge in [-0.3, -0.25) is 9.69 Å². The maximum absolute atomic E-state index is 11.1. The molecule has 0 aromatic carbocycles. The number of likely N-dealkylation sites (N-methyl/N-ethyl adjacent to an activating group) is 2. The summed E-state index contributed by atoms with van der Waals surface area (Å²) in [7, 11) is 3.64. The highest BCUT2D eigenvalue weighted by atomic mass is 16.4. The Kier molecular flexibility index (Phi) is 4.74. The van der Waals surface area contributed by atoms with Gasteiger partial charge in [-0.2, -0.15) is 0 Å². The molecule has 90 valence electrons. The Morgan fingerprint density at radius 3 is 2.13 bits per heavy atom. The summed E-state index contributed by atoms with van der Waals surface area (Å²) in [6, 6.07) is 0. The molecule has 0 heterocycles. The van der Waals surface area contributed by atoms with Crippen LogP contribution in [0.25, 0.3) is 0 Å². The zero-order valence-corrected chi connectivity index (χ0v) is 10.7. The fourth-order valence-electron chi connectivity index (χ4n) is 1.21. The van der Waals surface area contributed by atoms with Crippen LogP contribution in [0.2, 0.25) is 0 Å². The summed E-state index contributed by atoms with van der Waals surface area (Å²) in [6.45, 7) is 8.53. The molecule has 0 fully saturated rings. The van der Waals surface area contributed by atoms with Crippen LogP contribution in [-0.4, -0.2) is 47.7 Å². The molecule has 0 saturated carbocycles. The second kappa shape index (κ2) is 4.94. The van der Waals surface area contributed by atoms with Crippen molar-refractivity contribution in [1.29, 1.82) is 0 Å². The van der Waals surface area contributed by atoms with E-state index in [1.165, 1.54) is 0 Å². The highest BCUT2D eigenvalue weighted by Crippen LogP contribution is 2.19. The lowest BCUT2D eigenvalue weighted by molar-refractivity contribution is -0.145. The lowest BCUT2D eigenvalue weighted by Gasteiger charge is -2.39. The van der Waals surface area contributed by atoms with Gasteiger partial charge >= 0.3 is 5.97 Å². The molecule has 0 radical (unpaired) electrons. The summed E-state index contributed by atoms with van der Waals surface area (Å²) in [5.41, 5.74) is -0.866. The van der Waals surface area contributed by atoms with Crippen LogP contribution < -0.4 is 5.32 Å². The van der Waals surface area contributed by atoms with Gasteiger partial charge in [0.2, 0.25) is 0 Å². The molecule has 0 spiro atoms. The van der Waals surface area contributed by atoms with Gasteiger partial charge < -0.3 is 10.4 Å². The monoisotopic (exact) mass is 216 g/mol. The van der Waals surface area contributed by atoms with Crippen molar-refractivity contribution < 1.29 is 9.90 Å². The fraction of sp³-hybridized carbons (Fsp3) is 0.909. The van der Waals surface area contributed by atoms with Crippen LogP contribution in [-0.2, 0) is 4.79 Å². The van der Waals surface area contributed by atoms with E-state index < -0.39 is 11.5 Å². The van der Waals surface area contributed by atoms with Crippen LogP contribution in [0.3, 0.4) is 0 Å². The first-order valence-electron chi connectivity index (χ1n) is 5.33. The summed E-state index contributed by atoms with van der Waals surface area (Å²) in [5.74, 6) is -0.816. The topological polar surface area (TPSA) is 52.6 Å². The maximum atomic E-state index is 11.1. The molecule has 0 rings (SSSR count). The zero-order valence-electron chi connectivity index (χ0n) is 10.7. The standard InChI is InChI=1S/C11H24N2O2/c1-7-10(2,3)13(6)8-11(4,12-5)9(14)15/h12H,7-8H2,1-6H3,(H,14,15). The second-order valence-corrected chi connectivity index (χ2v) is 4.91. The van der Waals surface area contributed by atoms with E-state index >= 15 is 0 Å².